The normalized spacial score (nSPS) is 34.0. The zero-order valence-corrected chi connectivity index (χ0v) is 16.9. The minimum Gasteiger partial charge on any atom is -0.385 e. The van der Waals surface area contributed by atoms with Crippen molar-refractivity contribution in [3.05, 3.63) is 53.1 Å². The van der Waals surface area contributed by atoms with Crippen molar-refractivity contribution in [3.63, 3.8) is 0 Å². The standard InChI is InChI=1S/C25H33NO2/c27-25(14-12-24(13-15-25)11-2-18-28-24)22-7-5-20(6-8-22)19-21-9-16-26(17-10-21)23-3-1-4-23/h2,5-8,11,19,23,27H,1,3-4,9-10,12-18H2. The monoisotopic (exact) mass is 379 g/mol. The zero-order chi connectivity index (χ0) is 19.0. The molecule has 0 aromatic heterocycles. The van der Waals surface area contributed by atoms with E-state index in [-0.39, 0.29) is 5.60 Å². The molecule has 28 heavy (non-hydrogen) atoms. The number of piperidine rings is 1. The summed E-state index contributed by atoms with van der Waals surface area (Å²) in [5.74, 6) is 0. The molecule has 1 aromatic rings. The highest BCUT2D eigenvalue weighted by Crippen LogP contribution is 2.44. The summed E-state index contributed by atoms with van der Waals surface area (Å²) >= 11 is 0. The van der Waals surface area contributed by atoms with E-state index in [1.165, 1.54) is 50.8 Å². The topological polar surface area (TPSA) is 32.7 Å². The number of rotatable bonds is 3. The lowest BCUT2D eigenvalue weighted by molar-refractivity contribution is -0.0807. The molecule has 3 fully saturated rings. The Labute approximate surface area is 169 Å². The van der Waals surface area contributed by atoms with Crippen LogP contribution in [-0.2, 0) is 10.3 Å². The van der Waals surface area contributed by atoms with Gasteiger partial charge in [-0.05, 0) is 62.5 Å². The molecule has 1 spiro atoms. The molecule has 1 aromatic carbocycles. The fourth-order valence-corrected chi connectivity index (χ4v) is 5.41. The third kappa shape index (κ3) is 3.60. The van der Waals surface area contributed by atoms with E-state index in [1.807, 2.05) is 0 Å². The first-order valence-electron chi connectivity index (χ1n) is 11.2. The lowest BCUT2D eigenvalue weighted by Gasteiger charge is -2.41. The smallest absolute Gasteiger partial charge is 0.0899 e. The van der Waals surface area contributed by atoms with Crippen LogP contribution >= 0.6 is 0 Å². The van der Waals surface area contributed by atoms with Crippen LogP contribution in [0.2, 0.25) is 0 Å². The lowest BCUT2D eigenvalue weighted by atomic mass is 9.73. The van der Waals surface area contributed by atoms with Crippen LogP contribution in [0.25, 0.3) is 6.08 Å². The molecule has 0 radical (unpaired) electrons. The third-order valence-electron chi connectivity index (χ3n) is 7.66. The first-order valence-corrected chi connectivity index (χ1v) is 11.2. The second kappa shape index (κ2) is 7.44. The highest BCUT2D eigenvalue weighted by Gasteiger charge is 2.43. The van der Waals surface area contributed by atoms with Crippen LogP contribution in [0.1, 0.15) is 68.9 Å². The molecule has 3 heteroatoms. The van der Waals surface area contributed by atoms with Crippen LogP contribution in [0.3, 0.4) is 0 Å². The molecule has 0 unspecified atom stereocenters. The Morgan fingerprint density at radius 3 is 2.29 bits per heavy atom. The molecule has 2 aliphatic heterocycles. The molecule has 1 saturated heterocycles. The quantitative estimate of drug-likeness (QED) is 0.766. The van der Waals surface area contributed by atoms with Crippen molar-refractivity contribution in [2.75, 3.05) is 19.7 Å². The predicted octanol–water partition coefficient (Wildman–Crippen LogP) is 4.81. The van der Waals surface area contributed by atoms with Crippen molar-refractivity contribution < 1.29 is 9.84 Å². The van der Waals surface area contributed by atoms with Crippen molar-refractivity contribution in [2.45, 2.75) is 75.0 Å². The number of likely N-dealkylation sites (tertiary alicyclic amines) is 1. The van der Waals surface area contributed by atoms with Crippen molar-refractivity contribution in [3.8, 4) is 0 Å². The largest absolute Gasteiger partial charge is 0.385 e. The van der Waals surface area contributed by atoms with Gasteiger partial charge in [0.15, 0.2) is 0 Å². The Morgan fingerprint density at radius 1 is 1.00 bits per heavy atom. The highest BCUT2D eigenvalue weighted by atomic mass is 16.5. The maximum absolute atomic E-state index is 11.2. The van der Waals surface area contributed by atoms with Crippen LogP contribution in [0.5, 0.6) is 0 Å². The number of nitrogens with zero attached hydrogens (tertiary/aromatic N) is 1. The minimum atomic E-state index is -0.704. The van der Waals surface area contributed by atoms with E-state index >= 15 is 0 Å². The zero-order valence-electron chi connectivity index (χ0n) is 16.9. The summed E-state index contributed by atoms with van der Waals surface area (Å²) in [7, 11) is 0. The number of benzene rings is 1. The van der Waals surface area contributed by atoms with E-state index in [2.05, 4.69) is 47.4 Å². The van der Waals surface area contributed by atoms with Gasteiger partial charge < -0.3 is 9.84 Å². The highest BCUT2D eigenvalue weighted by molar-refractivity contribution is 5.54. The van der Waals surface area contributed by atoms with Gasteiger partial charge in [-0.25, -0.2) is 0 Å². The molecule has 2 heterocycles. The molecule has 0 amide bonds. The van der Waals surface area contributed by atoms with Gasteiger partial charge in [-0.15, -0.1) is 0 Å². The summed E-state index contributed by atoms with van der Waals surface area (Å²) in [6.45, 7) is 3.18. The van der Waals surface area contributed by atoms with E-state index < -0.39 is 5.60 Å². The molecule has 150 valence electrons. The summed E-state index contributed by atoms with van der Waals surface area (Å²) in [6, 6.07) is 9.53. The van der Waals surface area contributed by atoms with Gasteiger partial charge in [0, 0.05) is 19.1 Å². The second-order valence-corrected chi connectivity index (χ2v) is 9.36. The number of aliphatic hydroxyl groups is 1. The van der Waals surface area contributed by atoms with Crippen molar-refractivity contribution in [1.29, 1.82) is 0 Å². The van der Waals surface area contributed by atoms with Crippen LogP contribution in [0.15, 0.2) is 42.0 Å². The molecule has 2 saturated carbocycles. The molecule has 3 nitrogen and oxygen atoms in total. The van der Waals surface area contributed by atoms with E-state index in [0.29, 0.717) is 0 Å². The predicted molar refractivity (Wildman–Crippen MR) is 113 cm³/mol. The summed E-state index contributed by atoms with van der Waals surface area (Å²) < 4.78 is 5.91. The average Bonchev–Trinajstić information content (AvgIpc) is 3.14. The van der Waals surface area contributed by atoms with Gasteiger partial charge in [0.05, 0.1) is 17.8 Å². The number of ether oxygens (including phenoxy) is 1. The van der Waals surface area contributed by atoms with Gasteiger partial charge in [-0.1, -0.05) is 54.5 Å². The SMILES string of the molecule is OC1(c2ccc(C=C3CCN(C4CCC4)CC3)cc2)CCC2(C=CCO2)CC1. The first kappa shape index (κ1) is 18.6. The molecule has 0 bridgehead atoms. The molecular formula is C25H33NO2. The van der Waals surface area contributed by atoms with Gasteiger partial charge in [-0.2, -0.15) is 0 Å². The lowest BCUT2D eigenvalue weighted by Crippen LogP contribution is -2.43. The van der Waals surface area contributed by atoms with E-state index in [1.54, 1.807) is 5.57 Å². The van der Waals surface area contributed by atoms with Crippen molar-refractivity contribution in [1.82, 2.24) is 4.90 Å². The van der Waals surface area contributed by atoms with Crippen LogP contribution in [-0.4, -0.2) is 41.3 Å². The summed E-state index contributed by atoms with van der Waals surface area (Å²) in [6.07, 6.45) is 16.7. The Balaban J connectivity index is 1.20. The molecule has 1 N–H and O–H groups in total. The van der Waals surface area contributed by atoms with Gasteiger partial charge in [0.1, 0.15) is 0 Å². The average molecular weight is 380 g/mol. The van der Waals surface area contributed by atoms with Gasteiger partial charge in [0.25, 0.3) is 0 Å². The summed E-state index contributed by atoms with van der Waals surface area (Å²) in [5, 5.41) is 11.2. The minimum absolute atomic E-state index is 0.106. The summed E-state index contributed by atoms with van der Waals surface area (Å²) in [5.41, 5.74) is 3.10. The molecular weight excluding hydrogens is 346 g/mol. The Morgan fingerprint density at radius 2 is 1.71 bits per heavy atom. The van der Waals surface area contributed by atoms with E-state index in [0.717, 1.165) is 43.9 Å². The van der Waals surface area contributed by atoms with Crippen LogP contribution in [0.4, 0.5) is 0 Å². The number of hydrogen-bond donors (Lipinski definition) is 1. The van der Waals surface area contributed by atoms with Gasteiger partial charge >= 0.3 is 0 Å². The second-order valence-electron chi connectivity index (χ2n) is 9.36. The van der Waals surface area contributed by atoms with Crippen LogP contribution < -0.4 is 0 Å². The molecule has 2 aliphatic carbocycles. The fraction of sp³-hybridized carbons (Fsp3) is 0.600. The van der Waals surface area contributed by atoms with Crippen molar-refractivity contribution in [2.24, 2.45) is 0 Å². The maximum atomic E-state index is 11.2. The molecule has 5 rings (SSSR count). The molecule has 0 atom stereocenters. The summed E-state index contributed by atoms with van der Waals surface area (Å²) in [4.78, 5) is 2.69. The Bertz CT molecular complexity index is 741. The van der Waals surface area contributed by atoms with Gasteiger partial charge in [-0.3, -0.25) is 4.90 Å². The van der Waals surface area contributed by atoms with E-state index in [4.69, 9.17) is 4.74 Å². The number of hydrogen-bond acceptors (Lipinski definition) is 3. The maximum Gasteiger partial charge on any atom is 0.0899 e. The van der Waals surface area contributed by atoms with E-state index in [9.17, 15) is 5.11 Å². The Hall–Kier alpha value is -1.42. The first-order chi connectivity index (χ1) is 13.6. The fourth-order valence-electron chi connectivity index (χ4n) is 5.41. The van der Waals surface area contributed by atoms with Crippen LogP contribution in [0, 0.1) is 0 Å². The Kier molecular flexibility index (Phi) is 4.94. The third-order valence-corrected chi connectivity index (χ3v) is 7.66. The molecule has 4 aliphatic rings. The van der Waals surface area contributed by atoms with Crippen molar-refractivity contribution >= 4 is 6.08 Å². The van der Waals surface area contributed by atoms with Gasteiger partial charge in [0.2, 0.25) is 0 Å².